The summed E-state index contributed by atoms with van der Waals surface area (Å²) in [5, 5.41) is 0. The zero-order chi connectivity index (χ0) is 8.81. The number of hydrogen-bond acceptors (Lipinski definition) is 0. The molecule has 77 valence electrons. The molecule has 0 spiro atoms. The molecule has 0 atom stereocenters. The maximum Gasteiger partial charge on any atom is 0 e. The quantitative estimate of drug-likeness (QED) is 0.724. The van der Waals surface area contributed by atoms with Crippen LogP contribution in [0.3, 0.4) is 0 Å². The first-order chi connectivity index (χ1) is 5.86. The van der Waals surface area contributed by atoms with Gasteiger partial charge in [0.1, 0.15) is 0 Å². The molecule has 1 aromatic carbocycles. The minimum atomic E-state index is 0. The minimum Gasteiger partial charge on any atom is -0.358 e. The minimum absolute atomic E-state index is 0. The van der Waals surface area contributed by atoms with E-state index < -0.39 is 0 Å². The Balaban J connectivity index is 0. The molecule has 0 saturated heterocycles. The van der Waals surface area contributed by atoms with Crippen LogP contribution in [-0.4, -0.2) is 0 Å². The third-order valence-electron chi connectivity index (χ3n) is 2.47. The molecule has 1 rings (SSSR count). The summed E-state index contributed by atoms with van der Waals surface area (Å²) in [6.07, 6.45) is 3.80. The van der Waals surface area contributed by atoms with E-state index in [1.54, 1.807) is 0 Å². The number of rotatable bonds is 4. The van der Waals surface area contributed by atoms with E-state index in [0.717, 1.165) is 5.92 Å². The van der Waals surface area contributed by atoms with E-state index in [1.165, 1.54) is 24.8 Å². The van der Waals surface area contributed by atoms with Crippen molar-refractivity contribution in [2.24, 2.45) is 5.92 Å². The van der Waals surface area contributed by atoms with Crippen molar-refractivity contribution >= 4 is 0 Å². The zero-order valence-electron chi connectivity index (χ0n) is 9.59. The van der Waals surface area contributed by atoms with E-state index in [4.69, 9.17) is 0 Å². The molecule has 0 N–H and O–H groups in total. The summed E-state index contributed by atoms with van der Waals surface area (Å²) in [6, 6.07) is 11.4. The normalized spacial score (nSPS) is 9.07. The van der Waals surface area contributed by atoms with Gasteiger partial charge >= 0.3 is 0 Å². The second-order valence-corrected chi connectivity index (χ2v) is 3.29. The van der Waals surface area contributed by atoms with E-state index in [2.05, 4.69) is 32.0 Å². The molecule has 0 aromatic heterocycles. The maximum absolute atomic E-state index is 3.04. The Labute approximate surface area is 114 Å². The largest absolute Gasteiger partial charge is 0.358 e. The Morgan fingerprint density at radius 3 is 2.07 bits per heavy atom. The molecule has 0 bridgehead atoms. The van der Waals surface area contributed by atoms with Crippen molar-refractivity contribution in [3.63, 3.8) is 0 Å². The Kier molecular flexibility index (Phi) is 11.8. The fourth-order valence-electron chi connectivity index (χ4n) is 1.47. The fourth-order valence-corrected chi connectivity index (χ4v) is 1.47. The molecule has 0 unspecified atom stereocenters. The van der Waals surface area contributed by atoms with E-state index in [0.29, 0.717) is 0 Å². The van der Waals surface area contributed by atoms with Gasteiger partial charge < -0.3 is 7.43 Å². The first kappa shape index (κ1) is 16.7. The first-order valence-corrected chi connectivity index (χ1v) is 4.81. The predicted octanol–water partition coefficient (Wildman–Crippen LogP) is 3.91. The Bertz CT molecular complexity index is 202. The molecular weight excluding hydrogens is 245 g/mol. The van der Waals surface area contributed by atoms with Crippen LogP contribution in [-0.2, 0) is 39.1 Å². The number of benzene rings is 1. The van der Waals surface area contributed by atoms with E-state index in [9.17, 15) is 0 Å². The molecule has 0 nitrogen and oxygen atoms in total. The summed E-state index contributed by atoms with van der Waals surface area (Å²) >= 11 is 0. The molecule has 0 fully saturated rings. The summed E-state index contributed by atoms with van der Waals surface area (Å²) in [5.41, 5.74) is 1.45. The van der Waals surface area contributed by atoms with Gasteiger partial charge in [0, 0.05) is 32.7 Å². The van der Waals surface area contributed by atoms with Gasteiger partial charge in [-0.15, -0.1) is 0 Å². The fraction of sp³-hybridized carbons (Fsp3) is 0.462. The zero-order valence-corrected chi connectivity index (χ0v) is 12.4. The van der Waals surface area contributed by atoms with Crippen LogP contribution >= 0.6 is 0 Å². The second kappa shape index (κ2) is 9.86. The average molecular weight is 265 g/mol. The van der Waals surface area contributed by atoms with Crippen molar-refractivity contribution < 1.29 is 32.7 Å². The van der Waals surface area contributed by atoms with Crippen molar-refractivity contribution in [1.82, 2.24) is 0 Å². The summed E-state index contributed by atoms with van der Waals surface area (Å²) in [4.78, 5) is 0. The number of hydrogen-bond donors (Lipinski definition) is 0. The summed E-state index contributed by atoms with van der Waals surface area (Å²) < 4.78 is 0. The molecule has 0 aliphatic rings. The third-order valence-corrected chi connectivity index (χ3v) is 2.47. The summed E-state index contributed by atoms with van der Waals surface area (Å²) in [5.74, 6) is 0.854. The van der Waals surface area contributed by atoms with Crippen LogP contribution in [0.4, 0.5) is 0 Å². The van der Waals surface area contributed by atoms with Crippen LogP contribution in [0, 0.1) is 19.4 Å². The van der Waals surface area contributed by atoms with Crippen molar-refractivity contribution in [3.05, 3.63) is 43.3 Å². The molecule has 14 heavy (non-hydrogen) atoms. The summed E-state index contributed by atoms with van der Waals surface area (Å²) in [6.45, 7) is 4.53. The SMILES string of the molecule is CCC(CC)Cc1cc[c-]cc1.[CH3-].[Y]. The van der Waals surface area contributed by atoms with Gasteiger partial charge in [-0.2, -0.15) is 35.9 Å². The van der Waals surface area contributed by atoms with Crippen molar-refractivity contribution in [3.8, 4) is 0 Å². The smallest absolute Gasteiger partial charge is 0 e. The van der Waals surface area contributed by atoms with Gasteiger partial charge in [0.15, 0.2) is 0 Å². The molecule has 0 heterocycles. The van der Waals surface area contributed by atoms with Gasteiger partial charge in [0.05, 0.1) is 0 Å². The van der Waals surface area contributed by atoms with Gasteiger partial charge in [-0.05, 0) is 12.3 Å². The molecule has 1 heteroatoms. The Morgan fingerprint density at radius 1 is 1.14 bits per heavy atom. The van der Waals surface area contributed by atoms with Crippen LogP contribution in [0.1, 0.15) is 32.3 Å². The third kappa shape index (κ3) is 5.93. The van der Waals surface area contributed by atoms with Crippen LogP contribution in [0.25, 0.3) is 0 Å². The topological polar surface area (TPSA) is 0 Å². The summed E-state index contributed by atoms with van der Waals surface area (Å²) in [7, 11) is 0. The van der Waals surface area contributed by atoms with Crippen molar-refractivity contribution in [1.29, 1.82) is 0 Å². The molecular formula is C13H20Y-2. The predicted molar refractivity (Wildman–Crippen MR) is 59.5 cm³/mol. The first-order valence-electron chi connectivity index (χ1n) is 4.81. The van der Waals surface area contributed by atoms with Crippen LogP contribution in [0.5, 0.6) is 0 Å². The van der Waals surface area contributed by atoms with Crippen molar-refractivity contribution in [2.45, 2.75) is 33.1 Å². The van der Waals surface area contributed by atoms with E-state index in [1.807, 2.05) is 12.1 Å². The monoisotopic (exact) mass is 265 g/mol. The molecule has 1 aromatic rings. The van der Waals surface area contributed by atoms with Crippen LogP contribution in [0.15, 0.2) is 24.3 Å². The average Bonchev–Trinajstić information content (AvgIpc) is 2.16. The molecule has 0 saturated carbocycles. The molecule has 1 radical (unpaired) electrons. The van der Waals surface area contributed by atoms with Crippen LogP contribution < -0.4 is 0 Å². The Morgan fingerprint density at radius 2 is 1.64 bits per heavy atom. The molecule has 0 amide bonds. The van der Waals surface area contributed by atoms with E-state index >= 15 is 0 Å². The van der Waals surface area contributed by atoms with Crippen molar-refractivity contribution in [2.75, 3.05) is 0 Å². The van der Waals surface area contributed by atoms with Crippen LogP contribution in [0.2, 0.25) is 0 Å². The van der Waals surface area contributed by atoms with E-state index in [-0.39, 0.29) is 40.1 Å². The molecule has 0 aliphatic heterocycles. The van der Waals surface area contributed by atoms with Gasteiger partial charge in [-0.1, -0.05) is 26.7 Å². The maximum atomic E-state index is 3.04. The van der Waals surface area contributed by atoms with Gasteiger partial charge in [0.2, 0.25) is 0 Å². The van der Waals surface area contributed by atoms with Gasteiger partial charge in [-0.3, -0.25) is 0 Å². The van der Waals surface area contributed by atoms with Gasteiger partial charge in [-0.25, -0.2) is 0 Å². The second-order valence-electron chi connectivity index (χ2n) is 3.29. The Hall–Kier alpha value is 0.324. The van der Waals surface area contributed by atoms with Gasteiger partial charge in [0.25, 0.3) is 0 Å². The standard InChI is InChI=1S/C12H17.CH3.Y/c1-3-11(4-2)10-12-8-6-5-7-9-12;;/h6-9,11H,3-4,10H2,1-2H3;1H3;/q2*-1;. The molecule has 0 aliphatic carbocycles.